The zero-order chi connectivity index (χ0) is 27.7. The van der Waals surface area contributed by atoms with Gasteiger partial charge in [-0.1, -0.05) is 76.0 Å². The highest BCUT2D eigenvalue weighted by molar-refractivity contribution is 6.34. The minimum atomic E-state index is -0.471. The Morgan fingerprint density at radius 2 is 1.13 bits per heavy atom. The van der Waals surface area contributed by atoms with Crippen LogP contribution < -0.4 is 10.6 Å². The van der Waals surface area contributed by atoms with Crippen LogP contribution in [0.5, 0.6) is 0 Å². The summed E-state index contributed by atoms with van der Waals surface area (Å²) in [6.07, 6.45) is 0. The fraction of sp³-hybridized carbons (Fsp3) is 0.103. The van der Waals surface area contributed by atoms with Gasteiger partial charge in [0, 0.05) is 11.1 Å². The molecule has 0 spiro atoms. The van der Waals surface area contributed by atoms with E-state index in [9.17, 15) is 9.59 Å². The summed E-state index contributed by atoms with van der Waals surface area (Å²) in [5.41, 5.74) is 3.86. The molecule has 8 nitrogen and oxygen atoms in total. The third kappa shape index (κ3) is 5.16. The van der Waals surface area contributed by atoms with Crippen molar-refractivity contribution < 1.29 is 18.6 Å². The second-order valence-electron chi connectivity index (χ2n) is 8.84. The molecule has 0 aliphatic heterocycles. The number of amides is 2. The minimum absolute atomic E-state index is 0.233. The van der Waals surface area contributed by atoms with Gasteiger partial charge in [-0.25, -0.2) is 0 Å². The molecule has 10 heteroatoms. The van der Waals surface area contributed by atoms with Crippen molar-refractivity contribution in [3.05, 3.63) is 105 Å². The zero-order valence-corrected chi connectivity index (χ0v) is 22.6. The van der Waals surface area contributed by atoms with Crippen molar-refractivity contribution >= 4 is 46.4 Å². The maximum atomic E-state index is 13.5. The number of nitrogens with zero attached hydrogens (tertiary/aromatic N) is 2. The summed E-state index contributed by atoms with van der Waals surface area (Å²) in [6, 6.07) is 19.4. The molecule has 0 fully saturated rings. The Hall–Kier alpha value is -4.40. The molecule has 2 amide bonds. The smallest absolute Gasteiger partial charge is 0.261 e. The van der Waals surface area contributed by atoms with E-state index in [-0.39, 0.29) is 11.1 Å². The lowest BCUT2D eigenvalue weighted by Crippen LogP contribution is -2.18. The summed E-state index contributed by atoms with van der Waals surface area (Å²) in [7, 11) is 0. The number of hydrogen-bond donors (Lipinski definition) is 2. The number of hydrogen-bond acceptors (Lipinski definition) is 6. The summed E-state index contributed by atoms with van der Waals surface area (Å²) in [6.45, 7) is 5.16. The first-order valence-electron chi connectivity index (χ1n) is 11.9. The Labute approximate surface area is 233 Å². The molecular formula is C29H22Cl2N4O4. The van der Waals surface area contributed by atoms with Crippen molar-refractivity contribution in [2.24, 2.45) is 0 Å². The average Bonchev–Trinajstić information content (AvgIpc) is 3.48. The summed E-state index contributed by atoms with van der Waals surface area (Å²) in [5, 5.41) is 14.8. The van der Waals surface area contributed by atoms with Crippen molar-refractivity contribution in [3.63, 3.8) is 0 Å². The molecule has 5 rings (SSSR count). The molecule has 2 heterocycles. The Morgan fingerprint density at radius 1 is 0.667 bits per heavy atom. The van der Waals surface area contributed by atoms with Crippen LogP contribution in [0.3, 0.4) is 0 Å². The number of aryl methyl sites for hydroxylation is 3. The van der Waals surface area contributed by atoms with Crippen LogP contribution in [0.4, 0.5) is 11.4 Å². The SMILES string of the molecule is Cc1ccc(NC(=O)c2c(-c3ccccc3Cl)noc2C)c(NC(=O)c2c(-c3ccccc3Cl)noc2C)c1. The predicted molar refractivity (Wildman–Crippen MR) is 150 cm³/mol. The largest absolute Gasteiger partial charge is 0.360 e. The molecule has 0 atom stereocenters. The lowest BCUT2D eigenvalue weighted by Gasteiger charge is -2.14. The Morgan fingerprint density at radius 3 is 1.62 bits per heavy atom. The molecule has 3 aromatic carbocycles. The first kappa shape index (κ1) is 26.2. The number of halogens is 2. The Balaban J connectivity index is 1.47. The second-order valence-corrected chi connectivity index (χ2v) is 9.66. The molecule has 39 heavy (non-hydrogen) atoms. The van der Waals surface area contributed by atoms with Gasteiger partial charge in [-0.2, -0.15) is 0 Å². The molecule has 0 radical (unpaired) electrons. The fourth-order valence-electron chi connectivity index (χ4n) is 4.19. The van der Waals surface area contributed by atoms with E-state index in [0.29, 0.717) is 55.5 Å². The summed E-state index contributed by atoms with van der Waals surface area (Å²) in [4.78, 5) is 27.0. The molecule has 0 unspecified atom stereocenters. The molecule has 196 valence electrons. The first-order valence-corrected chi connectivity index (χ1v) is 12.7. The van der Waals surface area contributed by atoms with E-state index in [2.05, 4.69) is 20.9 Å². The first-order chi connectivity index (χ1) is 18.7. The number of aromatic nitrogens is 2. The predicted octanol–water partition coefficient (Wildman–Crippen LogP) is 7.73. The normalized spacial score (nSPS) is 10.9. The van der Waals surface area contributed by atoms with Crippen LogP contribution in [0, 0.1) is 20.8 Å². The molecular weight excluding hydrogens is 539 g/mol. The number of anilines is 2. The molecule has 5 aromatic rings. The van der Waals surface area contributed by atoms with Gasteiger partial charge >= 0.3 is 0 Å². The summed E-state index contributed by atoms with van der Waals surface area (Å²) >= 11 is 12.7. The third-order valence-corrected chi connectivity index (χ3v) is 6.77. The van der Waals surface area contributed by atoms with Crippen LogP contribution in [-0.4, -0.2) is 22.1 Å². The van der Waals surface area contributed by atoms with Crippen molar-refractivity contribution in [2.75, 3.05) is 10.6 Å². The highest BCUT2D eigenvalue weighted by atomic mass is 35.5. The summed E-state index contributed by atoms with van der Waals surface area (Å²) < 4.78 is 10.7. The maximum Gasteiger partial charge on any atom is 0.261 e. The lowest BCUT2D eigenvalue weighted by atomic mass is 10.0. The molecule has 0 bridgehead atoms. The number of carbonyl (C=O) groups excluding carboxylic acids is 2. The molecule has 0 aliphatic rings. The van der Waals surface area contributed by atoms with E-state index in [0.717, 1.165) is 5.56 Å². The minimum Gasteiger partial charge on any atom is -0.360 e. The van der Waals surface area contributed by atoms with E-state index in [1.165, 1.54) is 0 Å². The lowest BCUT2D eigenvalue weighted by molar-refractivity contribution is 0.101. The summed E-state index contributed by atoms with van der Waals surface area (Å²) in [5.74, 6) is -0.293. The highest BCUT2D eigenvalue weighted by Gasteiger charge is 2.26. The third-order valence-electron chi connectivity index (χ3n) is 6.11. The molecule has 2 aromatic heterocycles. The van der Waals surface area contributed by atoms with Crippen molar-refractivity contribution in [1.82, 2.24) is 10.3 Å². The van der Waals surface area contributed by atoms with Gasteiger partial charge in [0.15, 0.2) is 0 Å². The average molecular weight is 561 g/mol. The standard InChI is InChI=1S/C29H22Cl2N4O4/c1-15-12-13-22(32-28(36)24-16(2)38-34-26(24)18-8-4-6-10-20(18)30)23(14-15)33-29(37)25-17(3)39-35-27(25)19-9-5-7-11-21(19)31/h4-14H,1-3H3,(H,32,36)(H,33,37). The van der Waals surface area contributed by atoms with Crippen molar-refractivity contribution in [2.45, 2.75) is 20.8 Å². The van der Waals surface area contributed by atoms with E-state index >= 15 is 0 Å². The molecule has 0 aliphatic carbocycles. The topological polar surface area (TPSA) is 110 Å². The van der Waals surface area contributed by atoms with Crippen LogP contribution in [-0.2, 0) is 0 Å². The van der Waals surface area contributed by atoms with Crippen LogP contribution >= 0.6 is 23.2 Å². The number of carbonyl (C=O) groups is 2. The zero-order valence-electron chi connectivity index (χ0n) is 21.1. The molecule has 2 N–H and O–H groups in total. The van der Waals surface area contributed by atoms with E-state index < -0.39 is 11.8 Å². The van der Waals surface area contributed by atoms with Gasteiger partial charge in [0.1, 0.15) is 34.0 Å². The van der Waals surface area contributed by atoms with Crippen molar-refractivity contribution in [1.29, 1.82) is 0 Å². The Bertz CT molecular complexity index is 1720. The second kappa shape index (κ2) is 10.8. The maximum absolute atomic E-state index is 13.5. The number of rotatable bonds is 6. The molecule has 0 saturated heterocycles. The van der Waals surface area contributed by atoms with Crippen LogP contribution in [0.2, 0.25) is 10.0 Å². The van der Waals surface area contributed by atoms with Gasteiger partial charge < -0.3 is 19.7 Å². The van der Waals surface area contributed by atoms with Gasteiger partial charge in [0.2, 0.25) is 0 Å². The van der Waals surface area contributed by atoms with Crippen molar-refractivity contribution in [3.8, 4) is 22.5 Å². The van der Waals surface area contributed by atoms with Crippen LogP contribution in [0.1, 0.15) is 37.8 Å². The van der Waals surface area contributed by atoms with Gasteiger partial charge in [-0.15, -0.1) is 0 Å². The quantitative estimate of drug-likeness (QED) is 0.220. The fourth-order valence-corrected chi connectivity index (χ4v) is 4.64. The number of benzene rings is 3. The van der Waals surface area contributed by atoms with E-state index in [4.69, 9.17) is 32.2 Å². The van der Waals surface area contributed by atoms with E-state index in [1.807, 2.05) is 13.0 Å². The van der Waals surface area contributed by atoms with Gasteiger partial charge in [-0.05, 0) is 50.6 Å². The van der Waals surface area contributed by atoms with Crippen LogP contribution in [0.25, 0.3) is 22.5 Å². The van der Waals surface area contributed by atoms with Crippen LogP contribution in [0.15, 0.2) is 75.8 Å². The van der Waals surface area contributed by atoms with Gasteiger partial charge in [-0.3, -0.25) is 9.59 Å². The van der Waals surface area contributed by atoms with Gasteiger partial charge in [0.05, 0.1) is 21.4 Å². The van der Waals surface area contributed by atoms with Gasteiger partial charge in [0.25, 0.3) is 11.8 Å². The number of nitrogens with one attached hydrogen (secondary N) is 2. The monoisotopic (exact) mass is 560 g/mol. The highest BCUT2D eigenvalue weighted by Crippen LogP contribution is 2.34. The Kier molecular flexibility index (Phi) is 7.24. The molecule has 0 saturated carbocycles. The van der Waals surface area contributed by atoms with E-state index in [1.54, 1.807) is 74.5 Å².